The molecule has 0 bridgehead atoms. The third-order valence-electron chi connectivity index (χ3n) is 5.96. The van der Waals surface area contributed by atoms with Crippen LogP contribution in [0.1, 0.15) is 39.2 Å². The number of anilines is 1. The number of carbonyl (C=O) groups excluding carboxylic acids is 3. The zero-order valence-electron chi connectivity index (χ0n) is 16.0. The molecule has 4 rings (SSSR count). The zero-order chi connectivity index (χ0) is 20.4. The highest BCUT2D eigenvalue weighted by Gasteiger charge is 2.64. The maximum atomic E-state index is 13.6. The standard InChI is InChI=1S/C19H22N4O5/c1-18(2,3)22-16(25)19(15(24)20-17(22)26)10-11-9-12(23(27)28)6-7-13(11)21-8-4-5-14(19)21/h6-7,9,14H,4-5,8,10H2,1-3H3,(H,20,24,26)/t14-,19-/m1/s1. The van der Waals surface area contributed by atoms with Crippen molar-refractivity contribution in [2.24, 2.45) is 5.41 Å². The monoisotopic (exact) mass is 386 g/mol. The summed E-state index contributed by atoms with van der Waals surface area (Å²) in [5.74, 6) is -1.14. The lowest BCUT2D eigenvalue weighted by Crippen LogP contribution is -2.73. The van der Waals surface area contributed by atoms with Crippen molar-refractivity contribution < 1.29 is 19.3 Å². The van der Waals surface area contributed by atoms with Crippen LogP contribution in [-0.2, 0) is 16.0 Å². The lowest BCUT2D eigenvalue weighted by atomic mass is 9.68. The lowest BCUT2D eigenvalue weighted by molar-refractivity contribution is -0.384. The molecule has 9 heteroatoms. The average Bonchev–Trinajstić information content (AvgIpc) is 3.08. The van der Waals surface area contributed by atoms with Gasteiger partial charge in [-0.05, 0) is 45.2 Å². The highest BCUT2D eigenvalue weighted by Crippen LogP contribution is 2.49. The van der Waals surface area contributed by atoms with Crippen molar-refractivity contribution in [2.45, 2.75) is 51.6 Å². The number of nitro groups is 1. The van der Waals surface area contributed by atoms with E-state index in [0.717, 1.165) is 17.0 Å². The van der Waals surface area contributed by atoms with Gasteiger partial charge in [0.25, 0.3) is 5.69 Å². The van der Waals surface area contributed by atoms with Gasteiger partial charge < -0.3 is 4.90 Å². The lowest BCUT2D eigenvalue weighted by Gasteiger charge is -2.51. The van der Waals surface area contributed by atoms with E-state index in [1.807, 2.05) is 4.90 Å². The fourth-order valence-electron chi connectivity index (χ4n) is 4.81. The smallest absolute Gasteiger partial charge is 0.331 e. The summed E-state index contributed by atoms with van der Waals surface area (Å²) >= 11 is 0. The maximum absolute atomic E-state index is 13.6. The summed E-state index contributed by atoms with van der Waals surface area (Å²) in [7, 11) is 0. The third-order valence-corrected chi connectivity index (χ3v) is 5.96. The van der Waals surface area contributed by atoms with Gasteiger partial charge in [0.05, 0.1) is 11.0 Å². The number of hydrogen-bond donors (Lipinski definition) is 1. The summed E-state index contributed by atoms with van der Waals surface area (Å²) in [5, 5.41) is 13.6. The number of nitrogens with zero attached hydrogens (tertiary/aromatic N) is 3. The molecular formula is C19H22N4O5. The molecule has 1 aromatic rings. The minimum Gasteiger partial charge on any atom is -0.367 e. The molecule has 28 heavy (non-hydrogen) atoms. The van der Waals surface area contributed by atoms with Crippen LogP contribution >= 0.6 is 0 Å². The van der Waals surface area contributed by atoms with Crippen molar-refractivity contribution in [3.8, 4) is 0 Å². The van der Waals surface area contributed by atoms with Crippen LogP contribution in [0.25, 0.3) is 0 Å². The predicted molar refractivity (Wildman–Crippen MR) is 99.7 cm³/mol. The van der Waals surface area contributed by atoms with Crippen molar-refractivity contribution in [3.63, 3.8) is 0 Å². The highest BCUT2D eigenvalue weighted by molar-refractivity contribution is 6.20. The van der Waals surface area contributed by atoms with Gasteiger partial charge in [-0.1, -0.05) is 0 Å². The number of imide groups is 2. The van der Waals surface area contributed by atoms with Crippen molar-refractivity contribution in [2.75, 3.05) is 11.4 Å². The Balaban J connectivity index is 1.89. The summed E-state index contributed by atoms with van der Waals surface area (Å²) in [5.41, 5.74) is -0.960. The summed E-state index contributed by atoms with van der Waals surface area (Å²) < 4.78 is 0. The second kappa shape index (κ2) is 5.76. The second-order valence-electron chi connectivity index (χ2n) is 8.64. The highest BCUT2D eigenvalue weighted by atomic mass is 16.6. The van der Waals surface area contributed by atoms with Gasteiger partial charge in [-0.25, -0.2) is 4.79 Å². The van der Waals surface area contributed by atoms with E-state index in [1.165, 1.54) is 12.1 Å². The van der Waals surface area contributed by atoms with Crippen LogP contribution < -0.4 is 10.2 Å². The predicted octanol–water partition coefficient (Wildman–Crippen LogP) is 1.98. The van der Waals surface area contributed by atoms with Gasteiger partial charge in [-0.2, -0.15) is 0 Å². The Morgan fingerprint density at radius 1 is 1.25 bits per heavy atom. The number of benzene rings is 1. The Hall–Kier alpha value is -2.97. The molecule has 2 saturated heterocycles. The van der Waals surface area contributed by atoms with Crippen LogP contribution in [0.5, 0.6) is 0 Å². The molecule has 3 aliphatic rings. The quantitative estimate of drug-likeness (QED) is 0.449. The molecule has 4 amide bonds. The number of barbiturate groups is 1. The van der Waals surface area contributed by atoms with E-state index in [-0.39, 0.29) is 18.2 Å². The molecule has 2 atom stereocenters. The van der Waals surface area contributed by atoms with Crippen LogP contribution in [0, 0.1) is 15.5 Å². The molecule has 1 aromatic carbocycles. The SMILES string of the molecule is CC(C)(C)N1C(=O)NC(=O)[C@]2(Cc3cc([N+](=O)[O-])ccc3N3CCC[C@@H]32)C1=O. The van der Waals surface area contributed by atoms with Crippen molar-refractivity contribution in [3.05, 3.63) is 33.9 Å². The normalized spacial score (nSPS) is 27.0. The number of rotatable bonds is 1. The maximum Gasteiger partial charge on any atom is 0.331 e. The first-order valence-corrected chi connectivity index (χ1v) is 9.31. The zero-order valence-corrected chi connectivity index (χ0v) is 16.0. The van der Waals surface area contributed by atoms with E-state index in [9.17, 15) is 24.5 Å². The van der Waals surface area contributed by atoms with Gasteiger partial charge in [0.1, 0.15) is 0 Å². The Morgan fingerprint density at radius 2 is 1.96 bits per heavy atom. The van der Waals surface area contributed by atoms with E-state index >= 15 is 0 Å². The Labute approximate surface area is 161 Å². The number of non-ortho nitro benzene ring substituents is 1. The number of nitro benzene ring substituents is 1. The fraction of sp³-hybridized carbons (Fsp3) is 0.526. The molecule has 0 radical (unpaired) electrons. The number of nitrogens with one attached hydrogen (secondary N) is 1. The van der Waals surface area contributed by atoms with Crippen LogP contribution in [0.2, 0.25) is 0 Å². The first kappa shape index (κ1) is 18.4. The summed E-state index contributed by atoms with van der Waals surface area (Å²) in [4.78, 5) is 53.0. The van der Waals surface area contributed by atoms with Crippen molar-refractivity contribution in [1.29, 1.82) is 0 Å². The molecule has 148 valence electrons. The molecular weight excluding hydrogens is 364 g/mol. The molecule has 1 N–H and O–H groups in total. The third kappa shape index (κ3) is 2.35. The van der Waals surface area contributed by atoms with Gasteiger partial charge in [0, 0.05) is 36.3 Å². The summed E-state index contributed by atoms with van der Waals surface area (Å²) in [6.07, 6.45) is 1.48. The molecule has 3 aliphatic heterocycles. The first-order chi connectivity index (χ1) is 13.1. The number of hydrogen-bond acceptors (Lipinski definition) is 6. The largest absolute Gasteiger partial charge is 0.367 e. The van der Waals surface area contributed by atoms with E-state index in [4.69, 9.17) is 0 Å². The minimum atomic E-state index is -1.47. The van der Waals surface area contributed by atoms with Gasteiger partial charge in [-0.3, -0.25) is 29.9 Å². The Morgan fingerprint density at radius 3 is 2.61 bits per heavy atom. The number of urea groups is 1. The van der Waals surface area contributed by atoms with Crippen LogP contribution in [0.4, 0.5) is 16.2 Å². The van der Waals surface area contributed by atoms with Gasteiger partial charge in [0.2, 0.25) is 11.8 Å². The molecule has 9 nitrogen and oxygen atoms in total. The molecule has 1 spiro atoms. The molecule has 2 fully saturated rings. The van der Waals surface area contributed by atoms with Crippen LogP contribution in [-0.4, -0.2) is 45.8 Å². The van der Waals surface area contributed by atoms with E-state index < -0.39 is 33.7 Å². The number of amides is 4. The van der Waals surface area contributed by atoms with Crippen molar-refractivity contribution >= 4 is 29.2 Å². The summed E-state index contributed by atoms with van der Waals surface area (Å²) in [6.45, 7) is 5.87. The van der Waals surface area contributed by atoms with E-state index in [2.05, 4.69) is 5.32 Å². The second-order valence-corrected chi connectivity index (χ2v) is 8.64. The molecule has 0 aliphatic carbocycles. The molecule has 3 heterocycles. The van der Waals surface area contributed by atoms with Crippen LogP contribution in [0.15, 0.2) is 18.2 Å². The number of carbonyl (C=O) groups is 3. The Bertz CT molecular complexity index is 921. The van der Waals surface area contributed by atoms with E-state index in [1.54, 1.807) is 26.8 Å². The first-order valence-electron chi connectivity index (χ1n) is 9.31. The van der Waals surface area contributed by atoms with Gasteiger partial charge in [0.15, 0.2) is 5.41 Å². The van der Waals surface area contributed by atoms with Gasteiger partial charge in [-0.15, -0.1) is 0 Å². The molecule has 0 saturated carbocycles. The minimum absolute atomic E-state index is 0.0374. The van der Waals surface area contributed by atoms with Crippen LogP contribution in [0.3, 0.4) is 0 Å². The topological polar surface area (TPSA) is 113 Å². The number of fused-ring (bicyclic) bond motifs is 4. The average molecular weight is 386 g/mol. The van der Waals surface area contributed by atoms with E-state index in [0.29, 0.717) is 18.5 Å². The Kier molecular flexibility index (Phi) is 3.79. The summed E-state index contributed by atoms with van der Waals surface area (Å²) in [6, 6.07) is 3.47. The molecule has 0 unspecified atom stereocenters. The van der Waals surface area contributed by atoms with Gasteiger partial charge >= 0.3 is 6.03 Å². The molecule has 0 aromatic heterocycles. The fourth-order valence-corrected chi connectivity index (χ4v) is 4.81. The van der Waals surface area contributed by atoms with Crippen molar-refractivity contribution in [1.82, 2.24) is 10.2 Å².